The number of hydrogen-bond acceptors (Lipinski definition) is 2. The van der Waals surface area contributed by atoms with Crippen LogP contribution in [0.5, 0.6) is 0 Å². The van der Waals surface area contributed by atoms with Crippen LogP contribution < -0.4 is 4.90 Å². The van der Waals surface area contributed by atoms with Crippen LogP contribution in [0.2, 0.25) is 0 Å². The van der Waals surface area contributed by atoms with Gasteiger partial charge in [0, 0.05) is 25.2 Å². The van der Waals surface area contributed by atoms with Crippen LogP contribution in [0.4, 0.5) is 0 Å². The molecule has 0 saturated heterocycles. The van der Waals surface area contributed by atoms with Gasteiger partial charge in [0.05, 0.1) is 32.7 Å². The summed E-state index contributed by atoms with van der Waals surface area (Å²) >= 11 is 0. The zero-order valence-electron chi connectivity index (χ0n) is 19.4. The smallest absolute Gasteiger partial charge is 0.271 e. The summed E-state index contributed by atoms with van der Waals surface area (Å²) in [6, 6.07) is 22.5. The average molecular weight is 431 g/mol. The van der Waals surface area contributed by atoms with Crippen LogP contribution in [0, 0.1) is 13.8 Å². The third-order valence-corrected chi connectivity index (χ3v) is 5.74. The van der Waals surface area contributed by atoms with Gasteiger partial charge in [-0.25, -0.2) is 0 Å². The van der Waals surface area contributed by atoms with Crippen molar-refractivity contribution in [1.82, 2.24) is 9.47 Å². The maximum absolute atomic E-state index is 13.8. The predicted molar refractivity (Wildman–Crippen MR) is 128 cm³/mol. The van der Waals surface area contributed by atoms with Crippen LogP contribution in [0.15, 0.2) is 71.1 Å². The summed E-state index contributed by atoms with van der Waals surface area (Å²) in [5.74, 6) is 0.885. The van der Waals surface area contributed by atoms with E-state index in [2.05, 4.69) is 62.0 Å². The Morgan fingerprint density at radius 1 is 0.969 bits per heavy atom. The average Bonchev–Trinajstić information content (AvgIpc) is 3.28. The number of carbonyl (C=O) groups is 1. The van der Waals surface area contributed by atoms with Gasteiger partial charge < -0.3 is 18.8 Å². The van der Waals surface area contributed by atoms with Gasteiger partial charge in [0.15, 0.2) is 5.58 Å². The lowest BCUT2D eigenvalue weighted by atomic mass is 10.1. The number of carbonyl (C=O) groups excluding carboxylic acids is 1. The van der Waals surface area contributed by atoms with Crippen molar-refractivity contribution in [2.24, 2.45) is 0 Å². The van der Waals surface area contributed by atoms with E-state index >= 15 is 0 Å². The Morgan fingerprint density at radius 2 is 1.72 bits per heavy atom. The van der Waals surface area contributed by atoms with Crippen molar-refractivity contribution >= 4 is 17.0 Å². The molecule has 2 heterocycles. The third-order valence-electron chi connectivity index (χ3n) is 5.74. The molecule has 2 aromatic carbocycles. The van der Waals surface area contributed by atoms with Crippen molar-refractivity contribution in [2.75, 3.05) is 27.2 Å². The highest BCUT2D eigenvalue weighted by Gasteiger charge is 2.24. The van der Waals surface area contributed by atoms with Gasteiger partial charge in [0.25, 0.3) is 5.91 Å². The van der Waals surface area contributed by atoms with Gasteiger partial charge in [-0.05, 0) is 25.0 Å². The zero-order valence-corrected chi connectivity index (χ0v) is 19.4. The summed E-state index contributed by atoms with van der Waals surface area (Å²) in [5.41, 5.74) is 5.90. The molecule has 0 fully saturated rings. The SMILES string of the molecule is Cc1cccc(Cn2c(C(=O)N(CC[NH+](C)C)Cc3ccccc3)cc3oc(C)cc32)c1. The number of benzene rings is 2. The van der Waals surface area contributed by atoms with E-state index in [0.29, 0.717) is 25.3 Å². The first-order chi connectivity index (χ1) is 15.4. The largest absolute Gasteiger partial charge is 0.460 e. The predicted octanol–water partition coefficient (Wildman–Crippen LogP) is 3.69. The molecule has 1 N–H and O–H groups in total. The van der Waals surface area contributed by atoms with Crippen LogP contribution in [0.25, 0.3) is 11.1 Å². The van der Waals surface area contributed by atoms with E-state index < -0.39 is 0 Å². The van der Waals surface area contributed by atoms with E-state index in [0.717, 1.165) is 29.0 Å². The second kappa shape index (κ2) is 9.45. The van der Waals surface area contributed by atoms with Crippen LogP contribution in [-0.4, -0.2) is 42.6 Å². The van der Waals surface area contributed by atoms with E-state index in [1.165, 1.54) is 16.0 Å². The molecule has 1 amide bonds. The fourth-order valence-electron chi connectivity index (χ4n) is 4.08. The van der Waals surface area contributed by atoms with Crippen LogP contribution in [-0.2, 0) is 13.1 Å². The summed E-state index contributed by atoms with van der Waals surface area (Å²) < 4.78 is 8.00. The molecule has 0 unspecified atom stereocenters. The van der Waals surface area contributed by atoms with E-state index in [9.17, 15) is 4.79 Å². The topological polar surface area (TPSA) is 42.8 Å². The molecule has 0 aliphatic heterocycles. The molecule has 0 saturated carbocycles. The van der Waals surface area contributed by atoms with E-state index in [1.807, 2.05) is 42.2 Å². The Morgan fingerprint density at radius 3 is 2.44 bits per heavy atom. The van der Waals surface area contributed by atoms with Gasteiger partial charge in [-0.3, -0.25) is 4.79 Å². The Hall–Kier alpha value is -3.31. The van der Waals surface area contributed by atoms with Crippen LogP contribution in [0.3, 0.4) is 0 Å². The molecule has 0 atom stereocenters. The number of nitrogens with zero attached hydrogens (tertiary/aromatic N) is 2. The maximum atomic E-state index is 13.8. The van der Waals surface area contributed by atoms with Crippen molar-refractivity contribution < 1.29 is 14.1 Å². The number of fused-ring (bicyclic) bond motifs is 1. The minimum Gasteiger partial charge on any atom is -0.460 e. The number of rotatable bonds is 8. The van der Waals surface area contributed by atoms with E-state index in [4.69, 9.17) is 4.42 Å². The normalized spacial score (nSPS) is 11.4. The Labute approximate surface area is 189 Å². The van der Waals surface area contributed by atoms with Gasteiger partial charge in [-0.1, -0.05) is 60.2 Å². The first-order valence-corrected chi connectivity index (χ1v) is 11.2. The lowest BCUT2D eigenvalue weighted by Crippen LogP contribution is -3.06. The van der Waals surface area contributed by atoms with Crippen molar-refractivity contribution in [2.45, 2.75) is 26.9 Å². The Kier molecular flexibility index (Phi) is 6.47. The van der Waals surface area contributed by atoms with Crippen molar-refractivity contribution in [1.29, 1.82) is 0 Å². The molecule has 5 nitrogen and oxygen atoms in total. The lowest BCUT2D eigenvalue weighted by Gasteiger charge is -2.24. The molecule has 0 bridgehead atoms. The summed E-state index contributed by atoms with van der Waals surface area (Å²) in [6.45, 7) is 6.82. The van der Waals surface area contributed by atoms with Crippen LogP contribution >= 0.6 is 0 Å². The molecule has 5 heteroatoms. The summed E-state index contributed by atoms with van der Waals surface area (Å²) in [6.07, 6.45) is 0. The molecule has 0 aliphatic carbocycles. The molecular formula is C27H32N3O2+. The van der Waals surface area contributed by atoms with Gasteiger partial charge in [0.1, 0.15) is 11.5 Å². The van der Waals surface area contributed by atoms with Crippen molar-refractivity contribution in [3.63, 3.8) is 0 Å². The molecular weight excluding hydrogens is 398 g/mol. The quantitative estimate of drug-likeness (QED) is 0.463. The van der Waals surface area contributed by atoms with Crippen LogP contribution in [0.1, 0.15) is 32.9 Å². The fraction of sp³-hybridized carbons (Fsp3) is 0.296. The number of likely N-dealkylation sites (N-methyl/N-ethyl adjacent to an activating group) is 1. The molecule has 0 spiro atoms. The number of hydrogen-bond donors (Lipinski definition) is 1. The minimum atomic E-state index is 0.0341. The molecule has 4 rings (SSSR count). The minimum absolute atomic E-state index is 0.0341. The van der Waals surface area contributed by atoms with Crippen molar-refractivity contribution in [3.8, 4) is 0 Å². The first-order valence-electron chi connectivity index (χ1n) is 11.2. The highest BCUT2D eigenvalue weighted by Crippen LogP contribution is 2.26. The molecule has 32 heavy (non-hydrogen) atoms. The lowest BCUT2D eigenvalue weighted by molar-refractivity contribution is -0.857. The fourth-order valence-corrected chi connectivity index (χ4v) is 4.08. The van der Waals surface area contributed by atoms with Gasteiger partial charge in [-0.2, -0.15) is 0 Å². The van der Waals surface area contributed by atoms with E-state index in [-0.39, 0.29) is 5.91 Å². The Bertz CT molecular complexity index is 1200. The Balaban J connectivity index is 1.71. The summed E-state index contributed by atoms with van der Waals surface area (Å²) in [5, 5.41) is 0. The molecule has 2 aromatic heterocycles. The highest BCUT2D eigenvalue weighted by atomic mass is 16.3. The molecule has 0 radical (unpaired) electrons. The number of aromatic nitrogens is 1. The number of furan rings is 1. The zero-order chi connectivity index (χ0) is 22.7. The third kappa shape index (κ3) is 4.94. The van der Waals surface area contributed by atoms with E-state index in [1.54, 1.807) is 0 Å². The monoisotopic (exact) mass is 430 g/mol. The number of nitrogens with one attached hydrogen (secondary N) is 1. The maximum Gasteiger partial charge on any atom is 0.271 e. The number of amides is 1. The second-order valence-corrected chi connectivity index (χ2v) is 8.88. The molecule has 0 aliphatic rings. The number of quaternary nitrogens is 1. The summed E-state index contributed by atoms with van der Waals surface area (Å²) in [7, 11) is 4.23. The standard InChI is InChI=1S/C27H31N3O2/c1-20-9-8-12-23(15-20)19-30-24-16-21(2)32-26(24)17-25(30)27(31)29(14-13-28(3)4)18-22-10-6-5-7-11-22/h5-12,15-17H,13-14,18-19H2,1-4H3/p+1. The second-order valence-electron chi connectivity index (χ2n) is 8.88. The van der Waals surface area contributed by atoms with Gasteiger partial charge in [-0.15, -0.1) is 0 Å². The molecule has 166 valence electrons. The van der Waals surface area contributed by atoms with Gasteiger partial charge in [0.2, 0.25) is 0 Å². The highest BCUT2D eigenvalue weighted by molar-refractivity contribution is 5.97. The number of aryl methyl sites for hydroxylation is 2. The summed E-state index contributed by atoms with van der Waals surface area (Å²) in [4.78, 5) is 17.1. The first kappa shape index (κ1) is 21.9. The molecule has 4 aromatic rings. The van der Waals surface area contributed by atoms with Crippen molar-refractivity contribution in [3.05, 3.63) is 94.9 Å². The van der Waals surface area contributed by atoms with Gasteiger partial charge >= 0.3 is 0 Å².